The van der Waals surface area contributed by atoms with Crippen LogP contribution in [0.4, 0.5) is 15.9 Å². The molecule has 0 amide bonds. The molecule has 0 radical (unpaired) electrons. The predicted molar refractivity (Wildman–Crippen MR) is 86.8 cm³/mol. The van der Waals surface area contributed by atoms with Gasteiger partial charge in [0.2, 0.25) is 0 Å². The highest BCUT2D eigenvalue weighted by molar-refractivity contribution is 6.29. The molecule has 4 nitrogen and oxygen atoms in total. The van der Waals surface area contributed by atoms with Crippen molar-refractivity contribution in [3.05, 3.63) is 40.8 Å². The van der Waals surface area contributed by atoms with Crippen LogP contribution in [-0.2, 0) is 4.74 Å². The minimum Gasteiger partial charge on any atom is -0.396 e. The fraction of sp³-hybridized carbons (Fsp3) is 0.312. The summed E-state index contributed by atoms with van der Waals surface area (Å²) in [5.41, 5.74) is 8.37. The summed E-state index contributed by atoms with van der Waals surface area (Å²) in [6, 6.07) is 6.80. The molecule has 0 spiro atoms. The van der Waals surface area contributed by atoms with Gasteiger partial charge in [0.05, 0.1) is 18.9 Å². The number of rotatable bonds is 2. The van der Waals surface area contributed by atoms with Crippen LogP contribution in [0.5, 0.6) is 0 Å². The van der Waals surface area contributed by atoms with Crippen molar-refractivity contribution in [2.24, 2.45) is 0 Å². The molecule has 3 rings (SSSR count). The summed E-state index contributed by atoms with van der Waals surface area (Å²) in [7, 11) is 0. The highest BCUT2D eigenvalue weighted by Gasteiger charge is 2.15. The summed E-state index contributed by atoms with van der Waals surface area (Å²) in [5, 5.41) is 0.404. The van der Waals surface area contributed by atoms with Crippen molar-refractivity contribution in [1.82, 2.24) is 4.98 Å². The van der Waals surface area contributed by atoms with Crippen molar-refractivity contribution in [2.45, 2.75) is 6.92 Å². The largest absolute Gasteiger partial charge is 0.396 e. The van der Waals surface area contributed by atoms with Gasteiger partial charge < -0.3 is 15.4 Å². The van der Waals surface area contributed by atoms with Crippen LogP contribution in [0.3, 0.4) is 0 Å². The molecule has 0 atom stereocenters. The fourth-order valence-corrected chi connectivity index (χ4v) is 2.80. The van der Waals surface area contributed by atoms with Crippen LogP contribution in [0.2, 0.25) is 5.15 Å². The summed E-state index contributed by atoms with van der Waals surface area (Å²) in [6.07, 6.45) is 0. The first-order chi connectivity index (χ1) is 10.5. The number of anilines is 2. The Hall–Kier alpha value is -1.85. The van der Waals surface area contributed by atoms with Crippen LogP contribution in [0.25, 0.3) is 11.1 Å². The molecule has 1 aromatic carbocycles. The monoisotopic (exact) mass is 321 g/mol. The third-order valence-electron chi connectivity index (χ3n) is 3.77. The van der Waals surface area contributed by atoms with Gasteiger partial charge in [0, 0.05) is 13.1 Å². The molecule has 1 aliphatic rings. The topological polar surface area (TPSA) is 51.4 Å². The third kappa shape index (κ3) is 3.00. The van der Waals surface area contributed by atoms with Gasteiger partial charge >= 0.3 is 0 Å². The molecule has 1 saturated heterocycles. The van der Waals surface area contributed by atoms with Gasteiger partial charge in [0.25, 0.3) is 0 Å². The number of ether oxygens (including phenoxy) is 1. The number of pyridine rings is 1. The van der Waals surface area contributed by atoms with Crippen molar-refractivity contribution in [3.8, 4) is 11.1 Å². The Morgan fingerprint density at radius 1 is 1.23 bits per heavy atom. The van der Waals surface area contributed by atoms with Crippen LogP contribution in [0.15, 0.2) is 24.3 Å². The maximum Gasteiger partial charge on any atom is 0.146 e. The lowest BCUT2D eigenvalue weighted by molar-refractivity contribution is 0.122. The van der Waals surface area contributed by atoms with Crippen LogP contribution in [0.1, 0.15) is 5.56 Å². The van der Waals surface area contributed by atoms with Crippen molar-refractivity contribution < 1.29 is 9.13 Å². The molecule has 1 fully saturated rings. The number of morpholine rings is 1. The van der Waals surface area contributed by atoms with E-state index < -0.39 is 5.82 Å². The van der Waals surface area contributed by atoms with Gasteiger partial charge in [-0.1, -0.05) is 11.6 Å². The number of benzene rings is 1. The average molecular weight is 322 g/mol. The Morgan fingerprint density at radius 3 is 2.68 bits per heavy atom. The van der Waals surface area contributed by atoms with Gasteiger partial charge in [-0.2, -0.15) is 0 Å². The average Bonchev–Trinajstić information content (AvgIpc) is 2.51. The van der Waals surface area contributed by atoms with E-state index in [0.717, 1.165) is 35.6 Å². The first kappa shape index (κ1) is 15.1. The maximum atomic E-state index is 13.5. The second-order valence-electron chi connectivity index (χ2n) is 5.32. The smallest absolute Gasteiger partial charge is 0.146 e. The van der Waals surface area contributed by atoms with E-state index in [-0.39, 0.29) is 5.69 Å². The van der Waals surface area contributed by atoms with E-state index in [1.807, 2.05) is 13.0 Å². The molecule has 0 saturated carbocycles. The molecule has 2 heterocycles. The Bertz CT molecular complexity index is 702. The summed E-state index contributed by atoms with van der Waals surface area (Å²) >= 11 is 6.17. The summed E-state index contributed by atoms with van der Waals surface area (Å²) < 4.78 is 18.9. The lowest BCUT2D eigenvalue weighted by Gasteiger charge is -2.28. The van der Waals surface area contributed by atoms with E-state index in [1.54, 1.807) is 12.1 Å². The molecule has 22 heavy (non-hydrogen) atoms. The number of aryl methyl sites for hydroxylation is 1. The zero-order valence-corrected chi connectivity index (χ0v) is 13.0. The number of nitrogens with two attached hydrogens (primary N) is 1. The zero-order valence-electron chi connectivity index (χ0n) is 12.3. The van der Waals surface area contributed by atoms with E-state index in [2.05, 4.69) is 9.88 Å². The normalized spacial score (nSPS) is 15.1. The number of halogens is 2. The third-order valence-corrected chi connectivity index (χ3v) is 3.96. The lowest BCUT2D eigenvalue weighted by atomic mass is 10.0. The Kier molecular flexibility index (Phi) is 4.18. The molecular weight excluding hydrogens is 305 g/mol. The van der Waals surface area contributed by atoms with E-state index in [9.17, 15) is 4.39 Å². The molecular formula is C16H17ClFN3O. The van der Waals surface area contributed by atoms with Crippen LogP contribution < -0.4 is 10.6 Å². The molecule has 1 aromatic heterocycles. The second kappa shape index (κ2) is 6.10. The van der Waals surface area contributed by atoms with E-state index in [1.165, 1.54) is 6.07 Å². The van der Waals surface area contributed by atoms with Gasteiger partial charge in [-0.05, 0) is 47.9 Å². The van der Waals surface area contributed by atoms with Crippen molar-refractivity contribution >= 4 is 23.1 Å². The summed E-state index contributed by atoms with van der Waals surface area (Å²) in [4.78, 5) is 6.51. The molecule has 6 heteroatoms. The lowest BCUT2D eigenvalue weighted by Crippen LogP contribution is -2.36. The number of hydrogen-bond donors (Lipinski definition) is 1. The highest BCUT2D eigenvalue weighted by Crippen LogP contribution is 2.31. The molecule has 2 N–H and O–H groups in total. The summed E-state index contributed by atoms with van der Waals surface area (Å²) in [6.45, 7) is 4.74. The molecule has 0 bridgehead atoms. The standard InChI is InChI=1S/C16H17ClFN3O/c1-10-6-13(18)14(19)9-12(10)11-7-15(17)20-16(8-11)21-2-4-22-5-3-21/h6-9H,2-5,19H2,1H3. The molecule has 1 aliphatic heterocycles. The Labute approximate surface area is 133 Å². The van der Waals surface area contributed by atoms with Crippen molar-refractivity contribution in [3.63, 3.8) is 0 Å². The minimum atomic E-state index is -0.408. The van der Waals surface area contributed by atoms with Crippen molar-refractivity contribution in [2.75, 3.05) is 36.9 Å². The SMILES string of the molecule is Cc1cc(F)c(N)cc1-c1cc(Cl)nc(N2CCOCC2)c1. The van der Waals surface area contributed by atoms with Crippen molar-refractivity contribution in [1.29, 1.82) is 0 Å². The highest BCUT2D eigenvalue weighted by atomic mass is 35.5. The fourth-order valence-electron chi connectivity index (χ4n) is 2.59. The summed E-state index contributed by atoms with van der Waals surface area (Å²) in [5.74, 6) is 0.392. The van der Waals surface area contributed by atoms with Gasteiger partial charge in [0.15, 0.2) is 0 Å². The predicted octanol–water partition coefficient (Wildman–Crippen LogP) is 3.27. The van der Waals surface area contributed by atoms with Gasteiger partial charge in [0.1, 0.15) is 16.8 Å². The number of nitrogen functional groups attached to an aromatic ring is 1. The van der Waals surface area contributed by atoms with Gasteiger partial charge in [-0.3, -0.25) is 0 Å². The van der Waals surface area contributed by atoms with Crippen LogP contribution in [-0.4, -0.2) is 31.3 Å². The number of aromatic nitrogens is 1. The first-order valence-electron chi connectivity index (χ1n) is 7.11. The number of nitrogens with zero attached hydrogens (tertiary/aromatic N) is 2. The number of hydrogen-bond acceptors (Lipinski definition) is 4. The maximum absolute atomic E-state index is 13.5. The zero-order chi connectivity index (χ0) is 15.7. The van der Waals surface area contributed by atoms with E-state index in [4.69, 9.17) is 22.1 Å². The molecule has 116 valence electrons. The quantitative estimate of drug-likeness (QED) is 0.681. The van der Waals surface area contributed by atoms with Gasteiger partial charge in [-0.25, -0.2) is 9.37 Å². The second-order valence-corrected chi connectivity index (χ2v) is 5.71. The minimum absolute atomic E-state index is 0.126. The van der Waals surface area contributed by atoms with E-state index in [0.29, 0.717) is 18.4 Å². The van der Waals surface area contributed by atoms with Crippen LogP contribution in [0, 0.1) is 12.7 Å². The van der Waals surface area contributed by atoms with Gasteiger partial charge in [-0.15, -0.1) is 0 Å². The molecule has 2 aromatic rings. The molecule has 0 aliphatic carbocycles. The van der Waals surface area contributed by atoms with E-state index >= 15 is 0 Å². The Balaban J connectivity index is 2.04. The molecule has 0 unspecified atom stereocenters. The Morgan fingerprint density at radius 2 is 1.95 bits per heavy atom. The van der Waals surface area contributed by atoms with Crippen LogP contribution >= 0.6 is 11.6 Å². The first-order valence-corrected chi connectivity index (χ1v) is 7.48.